The van der Waals surface area contributed by atoms with Gasteiger partial charge in [0.2, 0.25) is 11.8 Å². The van der Waals surface area contributed by atoms with Crippen LogP contribution in [0.4, 0.5) is 0 Å². The second-order valence-corrected chi connectivity index (χ2v) is 5.02. The summed E-state index contributed by atoms with van der Waals surface area (Å²) in [6, 6.07) is 0. The summed E-state index contributed by atoms with van der Waals surface area (Å²) in [6.07, 6.45) is 3.08. The average molecular weight is 270 g/mol. The molecule has 0 unspecified atom stereocenters. The van der Waals surface area contributed by atoms with Crippen LogP contribution in [-0.4, -0.2) is 36.0 Å². The maximum atomic E-state index is 11.7. The molecule has 1 aliphatic carbocycles. The lowest BCUT2D eigenvalue weighted by Crippen LogP contribution is -2.37. The molecule has 2 amide bonds. The third kappa shape index (κ3) is 4.54. The molecule has 0 aromatic heterocycles. The number of amides is 2. The molecule has 0 heterocycles. The molecule has 0 spiro atoms. The maximum Gasteiger partial charge on any atom is 0.310 e. The highest BCUT2D eigenvalue weighted by molar-refractivity contribution is 5.85. The molecule has 3 N–H and O–H groups in total. The predicted octanol–water partition coefficient (Wildman–Crippen LogP) is 0.664. The standard InChI is InChI=1S/C13H22N2O4/c1-2-14-10(16)5-8-15-11(17)9-13(12(18)19)6-3-4-7-13/h2-9H2,1H3,(H,14,16)(H,15,17)(H,18,19). The Morgan fingerprint density at radius 2 is 1.74 bits per heavy atom. The number of carbonyl (C=O) groups excluding carboxylic acids is 2. The topological polar surface area (TPSA) is 95.5 Å². The first-order valence-corrected chi connectivity index (χ1v) is 6.77. The maximum absolute atomic E-state index is 11.7. The van der Waals surface area contributed by atoms with Crippen molar-refractivity contribution in [3.63, 3.8) is 0 Å². The van der Waals surface area contributed by atoms with E-state index in [0.29, 0.717) is 19.4 Å². The minimum Gasteiger partial charge on any atom is -0.481 e. The molecule has 6 nitrogen and oxygen atoms in total. The molecule has 0 atom stereocenters. The largest absolute Gasteiger partial charge is 0.481 e. The molecule has 0 radical (unpaired) electrons. The predicted molar refractivity (Wildman–Crippen MR) is 69.5 cm³/mol. The highest BCUT2D eigenvalue weighted by Crippen LogP contribution is 2.41. The van der Waals surface area contributed by atoms with Gasteiger partial charge in [0, 0.05) is 25.9 Å². The van der Waals surface area contributed by atoms with E-state index in [-0.39, 0.29) is 31.2 Å². The highest BCUT2D eigenvalue weighted by Gasteiger charge is 2.42. The number of hydrogen-bond donors (Lipinski definition) is 3. The van der Waals surface area contributed by atoms with Gasteiger partial charge >= 0.3 is 5.97 Å². The van der Waals surface area contributed by atoms with Crippen LogP contribution in [0, 0.1) is 5.41 Å². The molecule has 19 heavy (non-hydrogen) atoms. The normalized spacial score (nSPS) is 16.9. The number of carboxylic acid groups (broad SMARTS) is 1. The van der Waals surface area contributed by atoms with Crippen molar-refractivity contribution in [2.75, 3.05) is 13.1 Å². The molecule has 0 aromatic rings. The van der Waals surface area contributed by atoms with Gasteiger partial charge in [0.25, 0.3) is 0 Å². The van der Waals surface area contributed by atoms with Gasteiger partial charge < -0.3 is 15.7 Å². The van der Waals surface area contributed by atoms with Crippen LogP contribution < -0.4 is 10.6 Å². The number of hydrogen-bond acceptors (Lipinski definition) is 3. The monoisotopic (exact) mass is 270 g/mol. The van der Waals surface area contributed by atoms with Gasteiger partial charge in [-0.15, -0.1) is 0 Å². The minimum atomic E-state index is -0.893. The van der Waals surface area contributed by atoms with Crippen LogP contribution >= 0.6 is 0 Å². The number of aliphatic carboxylic acids is 1. The van der Waals surface area contributed by atoms with Crippen LogP contribution in [0.3, 0.4) is 0 Å². The molecule has 1 rings (SSSR count). The van der Waals surface area contributed by atoms with E-state index in [2.05, 4.69) is 10.6 Å². The van der Waals surface area contributed by atoms with Crippen molar-refractivity contribution in [3.05, 3.63) is 0 Å². The van der Waals surface area contributed by atoms with Crippen LogP contribution in [0.1, 0.15) is 45.4 Å². The number of rotatable bonds is 7. The Bertz CT molecular complexity index is 349. The minimum absolute atomic E-state index is 0.0116. The highest BCUT2D eigenvalue weighted by atomic mass is 16.4. The third-order valence-electron chi connectivity index (χ3n) is 3.56. The molecular weight excluding hydrogens is 248 g/mol. The molecule has 6 heteroatoms. The molecular formula is C13H22N2O4. The fourth-order valence-corrected chi connectivity index (χ4v) is 2.49. The van der Waals surface area contributed by atoms with E-state index < -0.39 is 11.4 Å². The van der Waals surface area contributed by atoms with Gasteiger partial charge in [-0.3, -0.25) is 14.4 Å². The van der Waals surface area contributed by atoms with Crippen molar-refractivity contribution >= 4 is 17.8 Å². The van der Waals surface area contributed by atoms with Crippen LogP contribution in [-0.2, 0) is 14.4 Å². The van der Waals surface area contributed by atoms with Gasteiger partial charge in [-0.2, -0.15) is 0 Å². The van der Waals surface area contributed by atoms with Gasteiger partial charge in [0.15, 0.2) is 0 Å². The molecule has 1 fully saturated rings. The van der Waals surface area contributed by atoms with Crippen molar-refractivity contribution in [2.45, 2.75) is 45.4 Å². The molecule has 108 valence electrons. The second-order valence-electron chi connectivity index (χ2n) is 5.02. The van der Waals surface area contributed by atoms with Gasteiger partial charge in [-0.25, -0.2) is 0 Å². The lowest BCUT2D eigenvalue weighted by molar-refractivity contribution is -0.151. The first-order valence-electron chi connectivity index (χ1n) is 6.77. The van der Waals surface area contributed by atoms with E-state index in [1.54, 1.807) is 0 Å². The molecule has 0 saturated heterocycles. The van der Waals surface area contributed by atoms with E-state index in [1.165, 1.54) is 0 Å². The lowest BCUT2D eigenvalue weighted by atomic mass is 9.82. The fraction of sp³-hybridized carbons (Fsp3) is 0.769. The number of carbonyl (C=O) groups is 3. The van der Waals surface area contributed by atoms with Crippen molar-refractivity contribution in [2.24, 2.45) is 5.41 Å². The molecule has 0 aliphatic heterocycles. The summed E-state index contributed by atoms with van der Waals surface area (Å²) in [6.45, 7) is 2.64. The lowest BCUT2D eigenvalue weighted by Gasteiger charge is -2.22. The van der Waals surface area contributed by atoms with Crippen LogP contribution in [0.5, 0.6) is 0 Å². The van der Waals surface area contributed by atoms with Gasteiger partial charge in [0.05, 0.1) is 5.41 Å². The van der Waals surface area contributed by atoms with E-state index in [4.69, 9.17) is 0 Å². The third-order valence-corrected chi connectivity index (χ3v) is 3.56. The summed E-state index contributed by atoms with van der Waals surface area (Å²) in [5, 5.41) is 14.5. The Morgan fingerprint density at radius 1 is 1.11 bits per heavy atom. The second kappa shape index (κ2) is 7.11. The summed E-state index contributed by atoms with van der Waals surface area (Å²) in [5.41, 5.74) is -0.893. The molecule has 0 aromatic carbocycles. The quantitative estimate of drug-likeness (QED) is 0.633. The summed E-state index contributed by atoms with van der Waals surface area (Å²) in [4.78, 5) is 34.2. The van der Waals surface area contributed by atoms with Crippen LogP contribution in [0.15, 0.2) is 0 Å². The van der Waals surface area contributed by atoms with Gasteiger partial charge in [0.1, 0.15) is 0 Å². The van der Waals surface area contributed by atoms with E-state index in [1.807, 2.05) is 6.92 Å². The van der Waals surface area contributed by atoms with Gasteiger partial charge in [-0.1, -0.05) is 12.8 Å². The van der Waals surface area contributed by atoms with Crippen molar-refractivity contribution in [3.8, 4) is 0 Å². The van der Waals surface area contributed by atoms with Crippen molar-refractivity contribution in [1.29, 1.82) is 0 Å². The summed E-state index contributed by atoms with van der Waals surface area (Å²) >= 11 is 0. The zero-order chi connectivity index (χ0) is 14.3. The summed E-state index contributed by atoms with van der Waals surface area (Å²) in [5.74, 6) is -1.28. The fourth-order valence-electron chi connectivity index (χ4n) is 2.49. The first kappa shape index (κ1) is 15.5. The molecule has 0 bridgehead atoms. The Morgan fingerprint density at radius 3 is 2.26 bits per heavy atom. The summed E-state index contributed by atoms with van der Waals surface area (Å²) < 4.78 is 0. The Labute approximate surface area is 112 Å². The first-order chi connectivity index (χ1) is 9.00. The SMILES string of the molecule is CCNC(=O)CCNC(=O)CC1(C(=O)O)CCCC1. The number of carboxylic acids is 1. The Hall–Kier alpha value is -1.59. The number of nitrogens with one attached hydrogen (secondary N) is 2. The van der Waals surface area contributed by atoms with Crippen molar-refractivity contribution in [1.82, 2.24) is 10.6 Å². The van der Waals surface area contributed by atoms with E-state index in [0.717, 1.165) is 12.8 Å². The van der Waals surface area contributed by atoms with Gasteiger partial charge in [-0.05, 0) is 19.8 Å². The smallest absolute Gasteiger partial charge is 0.310 e. The summed E-state index contributed by atoms with van der Waals surface area (Å²) in [7, 11) is 0. The average Bonchev–Trinajstić information content (AvgIpc) is 2.79. The Kier molecular flexibility index (Phi) is 5.79. The van der Waals surface area contributed by atoms with E-state index in [9.17, 15) is 19.5 Å². The molecule has 1 aliphatic rings. The van der Waals surface area contributed by atoms with Crippen LogP contribution in [0.25, 0.3) is 0 Å². The zero-order valence-corrected chi connectivity index (χ0v) is 11.3. The van der Waals surface area contributed by atoms with E-state index >= 15 is 0 Å². The van der Waals surface area contributed by atoms with Crippen molar-refractivity contribution < 1.29 is 19.5 Å². The molecule has 1 saturated carbocycles. The zero-order valence-electron chi connectivity index (χ0n) is 11.3. The Balaban J connectivity index is 2.34. The van der Waals surface area contributed by atoms with Crippen LogP contribution in [0.2, 0.25) is 0 Å².